The summed E-state index contributed by atoms with van der Waals surface area (Å²) >= 11 is 0. The molecular formula is C46H58ClN7O2. The van der Waals surface area contributed by atoms with Gasteiger partial charge in [0.2, 0.25) is 0 Å². The third kappa shape index (κ3) is 9.78. The summed E-state index contributed by atoms with van der Waals surface area (Å²) in [4.78, 5) is 38.5. The Labute approximate surface area is 338 Å². The number of likely N-dealkylation sites (N-methyl/N-ethyl adjacent to an activating group) is 1. The number of hydrogen-bond donors (Lipinski definition) is 2. The summed E-state index contributed by atoms with van der Waals surface area (Å²) in [5.74, 6) is 1.54. The summed E-state index contributed by atoms with van der Waals surface area (Å²) in [7, 11) is 3.55. The van der Waals surface area contributed by atoms with Gasteiger partial charge >= 0.3 is 0 Å². The Bertz CT molecular complexity index is 2150. The molecule has 0 fully saturated rings. The lowest BCUT2D eigenvalue weighted by Crippen LogP contribution is -2.39. The van der Waals surface area contributed by atoms with Gasteiger partial charge in [0.15, 0.2) is 0 Å². The van der Waals surface area contributed by atoms with Gasteiger partial charge in [0, 0.05) is 39.0 Å². The first kappa shape index (κ1) is 45.2. The Kier molecular flexibility index (Phi) is 17.1. The minimum absolute atomic E-state index is 0. The molecule has 296 valence electrons. The van der Waals surface area contributed by atoms with Crippen LogP contribution in [-0.4, -0.2) is 51.2 Å². The van der Waals surface area contributed by atoms with Gasteiger partial charge in [-0.1, -0.05) is 136 Å². The first-order chi connectivity index (χ1) is 25.9. The van der Waals surface area contributed by atoms with Crippen LogP contribution in [0.3, 0.4) is 0 Å². The summed E-state index contributed by atoms with van der Waals surface area (Å²) in [6.45, 7) is 6.96. The highest BCUT2D eigenvalue weighted by atomic mass is 35.5. The molecular weight excluding hydrogens is 718 g/mol. The minimum Gasteiger partial charge on any atom is -0.333 e. The topological polar surface area (TPSA) is 111 Å². The molecule has 6 aromatic rings. The second-order valence-electron chi connectivity index (χ2n) is 13.4. The van der Waals surface area contributed by atoms with Gasteiger partial charge in [-0.15, -0.1) is 12.4 Å². The van der Waals surface area contributed by atoms with Crippen LogP contribution in [-0.2, 0) is 25.9 Å². The van der Waals surface area contributed by atoms with Crippen LogP contribution >= 0.6 is 12.4 Å². The molecule has 56 heavy (non-hydrogen) atoms. The third-order valence-corrected chi connectivity index (χ3v) is 9.92. The zero-order valence-electron chi connectivity index (χ0n) is 31.5. The summed E-state index contributed by atoms with van der Waals surface area (Å²) in [6, 6.07) is 40.4. The van der Waals surface area contributed by atoms with Crippen LogP contribution in [0.15, 0.2) is 131 Å². The molecule has 0 saturated carbocycles. The van der Waals surface area contributed by atoms with Crippen LogP contribution in [0.4, 0.5) is 0 Å². The number of aromatic nitrogens is 4. The molecule has 4 aromatic carbocycles. The Morgan fingerprint density at radius 1 is 0.589 bits per heavy atom. The highest BCUT2D eigenvalue weighted by molar-refractivity contribution is 5.85. The average molecular weight is 776 g/mol. The summed E-state index contributed by atoms with van der Waals surface area (Å²) in [6.07, 6.45) is 1.65. The molecule has 0 saturated heterocycles. The van der Waals surface area contributed by atoms with Gasteiger partial charge in [-0.25, -0.2) is 9.97 Å². The van der Waals surface area contributed by atoms with Gasteiger partial charge < -0.3 is 16.0 Å². The Morgan fingerprint density at radius 3 is 1.34 bits per heavy atom. The van der Waals surface area contributed by atoms with E-state index < -0.39 is 0 Å². The van der Waals surface area contributed by atoms with Crippen molar-refractivity contribution in [3.63, 3.8) is 0 Å². The number of hydrogen-bond acceptors (Lipinski definition) is 7. The van der Waals surface area contributed by atoms with Gasteiger partial charge in [-0.2, -0.15) is 0 Å². The molecule has 2 aliphatic rings. The van der Waals surface area contributed by atoms with E-state index in [0.717, 1.165) is 82.3 Å². The van der Waals surface area contributed by atoms with Crippen LogP contribution < -0.4 is 22.2 Å². The molecule has 0 aliphatic carbocycles. The van der Waals surface area contributed by atoms with Crippen molar-refractivity contribution in [2.24, 2.45) is 5.73 Å². The first-order valence-corrected chi connectivity index (χ1v) is 18.3. The van der Waals surface area contributed by atoms with Gasteiger partial charge in [-0.05, 0) is 50.2 Å². The number of nitrogens with one attached hydrogen (secondary N) is 1. The molecule has 8 rings (SSSR count). The molecule has 2 aliphatic heterocycles. The lowest BCUT2D eigenvalue weighted by atomic mass is 9.97. The van der Waals surface area contributed by atoms with E-state index in [9.17, 15) is 9.59 Å². The van der Waals surface area contributed by atoms with E-state index in [0.29, 0.717) is 13.1 Å². The van der Waals surface area contributed by atoms with Crippen molar-refractivity contribution < 1.29 is 0 Å². The van der Waals surface area contributed by atoms with Gasteiger partial charge in [0.1, 0.15) is 11.6 Å². The Hall–Kier alpha value is -5.19. The lowest BCUT2D eigenvalue weighted by molar-refractivity contribution is 0.304. The van der Waals surface area contributed by atoms with E-state index in [2.05, 4.69) is 71.5 Å². The highest BCUT2D eigenvalue weighted by Crippen LogP contribution is 2.28. The largest absolute Gasteiger partial charge is 0.333 e. The van der Waals surface area contributed by atoms with E-state index in [1.165, 1.54) is 7.05 Å². The maximum Gasteiger partial charge on any atom is 0.259 e. The molecule has 2 aromatic heterocycles. The fraction of sp³-hybridized carbons (Fsp3) is 0.304. The van der Waals surface area contributed by atoms with Crippen LogP contribution in [0.1, 0.15) is 83.4 Å². The third-order valence-electron chi connectivity index (χ3n) is 9.92. The van der Waals surface area contributed by atoms with Crippen LogP contribution in [0.25, 0.3) is 0 Å². The molecule has 0 radical (unpaired) electrons. The number of halogens is 1. The van der Waals surface area contributed by atoms with E-state index >= 15 is 0 Å². The zero-order chi connectivity index (χ0) is 37.3. The van der Waals surface area contributed by atoms with E-state index in [-0.39, 0.29) is 50.5 Å². The van der Waals surface area contributed by atoms with Crippen molar-refractivity contribution in [2.75, 3.05) is 27.2 Å². The lowest BCUT2D eigenvalue weighted by Gasteiger charge is -2.28. The minimum atomic E-state index is -0.172. The first-order valence-electron chi connectivity index (χ1n) is 18.3. The van der Waals surface area contributed by atoms with Gasteiger partial charge in [0.05, 0.1) is 34.6 Å². The molecule has 0 unspecified atom stereocenters. The number of nitrogens with zero attached hydrogens (tertiary/aromatic N) is 5. The maximum atomic E-state index is 13.5. The highest BCUT2D eigenvalue weighted by Gasteiger charge is 2.27. The second-order valence-corrected chi connectivity index (χ2v) is 13.4. The normalized spacial score (nSPS) is 12.9. The van der Waals surface area contributed by atoms with Gasteiger partial charge in [0.25, 0.3) is 11.1 Å². The van der Waals surface area contributed by atoms with Crippen molar-refractivity contribution >= 4 is 12.4 Å². The molecule has 0 atom stereocenters. The number of rotatable bonds is 6. The Balaban J connectivity index is 0.000000274. The Morgan fingerprint density at radius 2 is 0.946 bits per heavy atom. The quantitative estimate of drug-likeness (QED) is 0.183. The van der Waals surface area contributed by atoms with Crippen molar-refractivity contribution in [1.82, 2.24) is 29.3 Å². The fourth-order valence-electron chi connectivity index (χ4n) is 7.41. The van der Waals surface area contributed by atoms with Crippen LogP contribution in [0, 0.1) is 13.8 Å². The maximum absolute atomic E-state index is 13.5. The van der Waals surface area contributed by atoms with Crippen molar-refractivity contribution in [3.8, 4) is 0 Å². The van der Waals surface area contributed by atoms with Crippen LogP contribution in [0.5, 0.6) is 0 Å². The second kappa shape index (κ2) is 21.2. The summed E-state index contributed by atoms with van der Waals surface area (Å²) in [5.41, 5.74) is 12.5. The molecule has 0 spiro atoms. The summed E-state index contributed by atoms with van der Waals surface area (Å²) < 4.78 is 3.71. The predicted molar refractivity (Wildman–Crippen MR) is 233 cm³/mol. The van der Waals surface area contributed by atoms with Crippen LogP contribution in [0.2, 0.25) is 0 Å². The van der Waals surface area contributed by atoms with E-state index in [1.807, 2.05) is 95.8 Å². The molecule has 0 amide bonds. The van der Waals surface area contributed by atoms with Crippen molar-refractivity contribution in [2.45, 2.75) is 66.7 Å². The molecule has 3 N–H and O–H groups in total. The molecule has 4 heterocycles. The molecule has 0 bridgehead atoms. The monoisotopic (exact) mass is 775 g/mol. The van der Waals surface area contributed by atoms with E-state index in [4.69, 9.17) is 9.97 Å². The molecule has 9 nitrogen and oxygen atoms in total. The smallest absolute Gasteiger partial charge is 0.259 e. The van der Waals surface area contributed by atoms with E-state index in [1.54, 1.807) is 0 Å². The molecule has 10 heteroatoms. The fourth-order valence-corrected chi connectivity index (χ4v) is 7.41. The number of fused-ring (bicyclic) bond motifs is 2. The number of nitrogens with two attached hydrogens (primary N) is 1. The average Bonchev–Trinajstić information content (AvgIpc) is 3.21. The standard InChI is InChI=1S/C22H23N3O.C21H21N3O.CH5N.2CH4.ClH/c1-16-23-20-13-14-24(2)15-19(20)22(26)25(16)21(17-9-5-3-6-10-17)18-11-7-4-8-12-18;1-15-23-19-12-13-22-14-18(19)21(25)24(15)20(16-8-4-2-5-9-16)17-10-6-3-7-11-17;1-2;;;/h3-12,21H,13-15H2,1-2H3;2-11,20,22H,12-14H2,1H3;2H2,1H3;2*1H4;1H. The van der Waals surface area contributed by atoms with Gasteiger partial charge in [-0.3, -0.25) is 18.7 Å². The van der Waals surface area contributed by atoms with Crippen molar-refractivity contribution in [1.29, 1.82) is 0 Å². The SMILES string of the molecule is C.C.CN.Cc1nc2c(c(=O)n1C(c1ccccc1)c1ccccc1)CN(C)CC2.Cc1nc2c(c(=O)n1C(c1ccccc1)c1ccccc1)CNCC2.Cl. The van der Waals surface area contributed by atoms with Crippen molar-refractivity contribution in [3.05, 3.63) is 198 Å². The summed E-state index contributed by atoms with van der Waals surface area (Å²) in [5, 5.41) is 3.29. The predicted octanol–water partition coefficient (Wildman–Crippen LogP) is 7.28. The number of aryl methyl sites for hydroxylation is 2. The zero-order valence-corrected chi connectivity index (χ0v) is 32.3. The number of benzene rings is 4.